The maximum atomic E-state index is 13.3. The van der Waals surface area contributed by atoms with Crippen LogP contribution in [0.1, 0.15) is 28.3 Å². The summed E-state index contributed by atoms with van der Waals surface area (Å²) >= 11 is 0. The summed E-state index contributed by atoms with van der Waals surface area (Å²) in [7, 11) is 1.58. The Morgan fingerprint density at radius 2 is 1.55 bits per heavy atom. The molecule has 2 atom stereocenters. The van der Waals surface area contributed by atoms with Crippen LogP contribution in [0.4, 0.5) is 5.69 Å². The predicted octanol–water partition coefficient (Wildman–Crippen LogP) is 5.59. The van der Waals surface area contributed by atoms with Crippen molar-refractivity contribution in [3.8, 4) is 5.75 Å². The minimum absolute atomic E-state index is 0.0710. The van der Waals surface area contributed by atoms with Crippen LogP contribution in [0.5, 0.6) is 5.75 Å². The molecule has 38 heavy (non-hydrogen) atoms. The standard InChI is InChI=1S/C30H25N3O5/c1-38-26-18-14-23(15-19-26)28-31-30(29(34)35,24-10-6-3-7-11-24)27(22-12-16-25(17-13-22)33(36)37)32(28)20-21-8-4-2-5-9-21/h2-19,27H,20H2,1H3,(H,34,35)/t27-,30-/m1/s1. The molecule has 1 aliphatic heterocycles. The summed E-state index contributed by atoms with van der Waals surface area (Å²) in [5.41, 5.74) is 1.03. The van der Waals surface area contributed by atoms with E-state index in [0.29, 0.717) is 29.3 Å². The van der Waals surface area contributed by atoms with Gasteiger partial charge in [-0.25, -0.2) is 9.79 Å². The lowest BCUT2D eigenvalue weighted by molar-refractivity contribution is -0.384. The molecule has 5 rings (SSSR count). The van der Waals surface area contributed by atoms with E-state index in [4.69, 9.17) is 9.73 Å². The second-order valence-corrected chi connectivity index (χ2v) is 8.97. The fourth-order valence-electron chi connectivity index (χ4n) is 4.96. The first-order chi connectivity index (χ1) is 18.4. The van der Waals surface area contributed by atoms with Crippen molar-refractivity contribution in [2.24, 2.45) is 4.99 Å². The van der Waals surface area contributed by atoms with Crippen molar-refractivity contribution < 1.29 is 19.6 Å². The van der Waals surface area contributed by atoms with Crippen LogP contribution in [0.15, 0.2) is 114 Å². The van der Waals surface area contributed by atoms with Crippen LogP contribution in [0.3, 0.4) is 0 Å². The summed E-state index contributed by atoms with van der Waals surface area (Å²) in [5, 5.41) is 22.2. The Bertz CT molecular complexity index is 1470. The minimum atomic E-state index is -1.71. The quantitative estimate of drug-likeness (QED) is 0.246. The first kappa shape index (κ1) is 24.7. The van der Waals surface area contributed by atoms with Gasteiger partial charge in [-0.3, -0.25) is 10.1 Å². The molecule has 1 aliphatic rings. The Balaban J connectivity index is 1.76. The number of non-ortho nitro benzene ring substituents is 1. The molecule has 4 aromatic carbocycles. The maximum Gasteiger partial charge on any atom is 0.338 e. The lowest BCUT2D eigenvalue weighted by Crippen LogP contribution is -2.43. The highest BCUT2D eigenvalue weighted by atomic mass is 16.6. The monoisotopic (exact) mass is 507 g/mol. The fraction of sp³-hybridized carbons (Fsp3) is 0.133. The van der Waals surface area contributed by atoms with Gasteiger partial charge in [-0.05, 0) is 41.0 Å². The Hall–Kier alpha value is -4.98. The molecule has 0 radical (unpaired) electrons. The maximum absolute atomic E-state index is 13.3. The summed E-state index contributed by atoms with van der Waals surface area (Å²) in [5.74, 6) is 0.0566. The number of aliphatic carboxylic acids is 1. The number of carboxylic acids is 1. The molecule has 0 bridgehead atoms. The second-order valence-electron chi connectivity index (χ2n) is 8.97. The van der Waals surface area contributed by atoms with E-state index in [1.807, 2.05) is 65.6 Å². The summed E-state index contributed by atoms with van der Waals surface area (Å²) in [4.78, 5) is 31.1. The van der Waals surface area contributed by atoms with E-state index >= 15 is 0 Å². The smallest absolute Gasteiger partial charge is 0.338 e. The highest BCUT2D eigenvalue weighted by Gasteiger charge is 2.56. The number of benzene rings is 4. The third-order valence-electron chi connectivity index (χ3n) is 6.77. The number of nitrogens with zero attached hydrogens (tertiary/aromatic N) is 3. The molecule has 0 aliphatic carbocycles. The van der Waals surface area contributed by atoms with Gasteiger partial charge >= 0.3 is 5.97 Å². The zero-order valence-electron chi connectivity index (χ0n) is 20.6. The minimum Gasteiger partial charge on any atom is -0.497 e. The normalized spacial score (nSPS) is 18.6. The van der Waals surface area contributed by atoms with Gasteiger partial charge in [0.1, 0.15) is 11.6 Å². The molecular formula is C30H25N3O5. The lowest BCUT2D eigenvalue weighted by atomic mass is 9.79. The van der Waals surface area contributed by atoms with E-state index in [2.05, 4.69) is 0 Å². The van der Waals surface area contributed by atoms with Gasteiger partial charge in [0.2, 0.25) is 5.54 Å². The van der Waals surface area contributed by atoms with E-state index in [9.17, 15) is 20.0 Å². The summed E-state index contributed by atoms with van der Waals surface area (Å²) < 4.78 is 5.32. The molecule has 190 valence electrons. The van der Waals surface area contributed by atoms with Crippen LogP contribution in [-0.2, 0) is 16.9 Å². The van der Waals surface area contributed by atoms with Crippen molar-refractivity contribution in [2.45, 2.75) is 18.1 Å². The van der Waals surface area contributed by atoms with Crippen LogP contribution in [-0.4, -0.2) is 33.8 Å². The predicted molar refractivity (Wildman–Crippen MR) is 143 cm³/mol. The second kappa shape index (κ2) is 10.2. The van der Waals surface area contributed by atoms with Gasteiger partial charge in [-0.15, -0.1) is 0 Å². The highest BCUT2D eigenvalue weighted by Crippen LogP contribution is 2.49. The van der Waals surface area contributed by atoms with Crippen LogP contribution >= 0.6 is 0 Å². The average molecular weight is 508 g/mol. The van der Waals surface area contributed by atoms with E-state index in [0.717, 1.165) is 11.1 Å². The Morgan fingerprint density at radius 1 is 0.947 bits per heavy atom. The van der Waals surface area contributed by atoms with Crippen molar-refractivity contribution in [3.05, 3.63) is 142 Å². The number of aliphatic imine (C=N–C) groups is 1. The van der Waals surface area contributed by atoms with Crippen molar-refractivity contribution in [1.29, 1.82) is 0 Å². The van der Waals surface area contributed by atoms with Crippen molar-refractivity contribution in [3.63, 3.8) is 0 Å². The van der Waals surface area contributed by atoms with Crippen molar-refractivity contribution in [2.75, 3.05) is 7.11 Å². The number of carbonyl (C=O) groups is 1. The Labute approximate surface area is 219 Å². The van der Waals surface area contributed by atoms with Gasteiger partial charge in [-0.2, -0.15) is 0 Å². The van der Waals surface area contributed by atoms with Crippen LogP contribution in [0.25, 0.3) is 0 Å². The Kier molecular flexibility index (Phi) is 6.62. The number of amidine groups is 1. The highest BCUT2D eigenvalue weighted by molar-refractivity contribution is 6.04. The van der Waals surface area contributed by atoms with Crippen molar-refractivity contribution in [1.82, 2.24) is 4.90 Å². The zero-order valence-corrected chi connectivity index (χ0v) is 20.6. The third-order valence-corrected chi connectivity index (χ3v) is 6.77. The molecule has 4 aromatic rings. The SMILES string of the molecule is COc1ccc(C2=N[C@](C(=O)O)(c3ccccc3)[C@@H](c3ccc([N+](=O)[O-])cc3)N2Cc2ccccc2)cc1. The van der Waals surface area contributed by atoms with Crippen LogP contribution in [0.2, 0.25) is 0 Å². The summed E-state index contributed by atoms with van der Waals surface area (Å²) in [6.07, 6.45) is 0. The number of rotatable bonds is 8. The van der Waals surface area contributed by atoms with Gasteiger partial charge in [0.05, 0.1) is 18.1 Å². The first-order valence-corrected chi connectivity index (χ1v) is 12.0. The molecule has 0 fully saturated rings. The zero-order chi connectivity index (χ0) is 26.7. The molecule has 0 aromatic heterocycles. The van der Waals surface area contributed by atoms with Gasteiger partial charge < -0.3 is 14.7 Å². The van der Waals surface area contributed by atoms with E-state index in [-0.39, 0.29) is 5.69 Å². The topological polar surface area (TPSA) is 105 Å². The molecule has 0 unspecified atom stereocenters. The molecular weight excluding hydrogens is 482 g/mol. The average Bonchev–Trinajstić information content (AvgIpc) is 3.30. The molecule has 0 saturated heterocycles. The molecule has 0 spiro atoms. The first-order valence-electron chi connectivity index (χ1n) is 12.0. The summed E-state index contributed by atoms with van der Waals surface area (Å²) in [6.45, 7) is 0.370. The number of ether oxygens (including phenoxy) is 1. The number of hydrogen-bond donors (Lipinski definition) is 1. The van der Waals surface area contributed by atoms with Gasteiger partial charge in [0.15, 0.2) is 0 Å². The van der Waals surface area contributed by atoms with Crippen LogP contribution < -0.4 is 4.74 Å². The molecule has 1 heterocycles. The number of carboxylic acid groups (broad SMARTS) is 1. The molecule has 1 N–H and O–H groups in total. The molecule has 8 heteroatoms. The van der Waals surface area contributed by atoms with E-state index in [1.54, 1.807) is 43.5 Å². The van der Waals surface area contributed by atoms with E-state index in [1.165, 1.54) is 12.1 Å². The van der Waals surface area contributed by atoms with Gasteiger partial charge in [-0.1, -0.05) is 72.8 Å². The molecule has 8 nitrogen and oxygen atoms in total. The van der Waals surface area contributed by atoms with Gasteiger partial charge in [0, 0.05) is 24.2 Å². The Morgan fingerprint density at radius 3 is 2.11 bits per heavy atom. The molecule has 0 saturated carbocycles. The van der Waals surface area contributed by atoms with Gasteiger partial charge in [0.25, 0.3) is 5.69 Å². The van der Waals surface area contributed by atoms with E-state index < -0.39 is 22.5 Å². The fourth-order valence-corrected chi connectivity index (χ4v) is 4.96. The number of hydrogen-bond acceptors (Lipinski definition) is 6. The number of methoxy groups -OCH3 is 1. The largest absolute Gasteiger partial charge is 0.497 e. The lowest BCUT2D eigenvalue weighted by Gasteiger charge is -2.36. The summed E-state index contributed by atoms with van der Waals surface area (Å²) in [6, 6.07) is 31.2. The third kappa shape index (κ3) is 4.37. The van der Waals surface area contributed by atoms with Crippen molar-refractivity contribution >= 4 is 17.5 Å². The molecule has 0 amide bonds. The number of nitro groups is 1. The van der Waals surface area contributed by atoms with Crippen LogP contribution in [0, 0.1) is 10.1 Å². The number of nitro benzene ring substituents is 1.